The Bertz CT molecular complexity index is 491. The number of benzene rings is 1. The van der Waals surface area contributed by atoms with E-state index in [0.29, 0.717) is 6.54 Å². The van der Waals surface area contributed by atoms with E-state index in [1.165, 1.54) is 11.1 Å². The Kier molecular flexibility index (Phi) is 7.33. The van der Waals surface area contributed by atoms with Crippen LogP contribution in [0.1, 0.15) is 37.8 Å². The van der Waals surface area contributed by atoms with Crippen molar-refractivity contribution < 1.29 is 4.79 Å². The lowest BCUT2D eigenvalue weighted by atomic mass is 9.96. The Balaban J connectivity index is 0.00000242. The Morgan fingerprint density at radius 1 is 1.36 bits per heavy atom. The number of hydrogen-bond donors (Lipinski definition) is 2. The number of fused-ring (bicyclic) bond motifs is 1. The molecule has 0 aromatic heterocycles. The number of amides is 1. The molecule has 0 aliphatic carbocycles. The van der Waals surface area contributed by atoms with Crippen molar-refractivity contribution in [3.8, 4) is 0 Å². The lowest BCUT2D eigenvalue weighted by Crippen LogP contribution is -2.52. The minimum atomic E-state index is -0.747. The fourth-order valence-corrected chi connectivity index (χ4v) is 2.91. The van der Waals surface area contributed by atoms with Crippen LogP contribution in [0.3, 0.4) is 0 Å². The van der Waals surface area contributed by atoms with E-state index in [0.717, 1.165) is 38.9 Å². The molecule has 0 radical (unpaired) electrons. The summed E-state index contributed by atoms with van der Waals surface area (Å²) in [4.78, 5) is 14.4. The Labute approximate surface area is 139 Å². The lowest BCUT2D eigenvalue weighted by Gasteiger charge is -2.29. The third-order valence-corrected chi connectivity index (χ3v) is 4.21. The smallest absolute Gasteiger partial charge is 0.239 e. The van der Waals surface area contributed by atoms with E-state index in [1.807, 2.05) is 13.8 Å². The molecule has 22 heavy (non-hydrogen) atoms. The van der Waals surface area contributed by atoms with Gasteiger partial charge in [0, 0.05) is 26.2 Å². The standard InChI is InChI=1S/C17H27N3O.ClH/c1-3-9-17(2,18)16(21)19-10-12-20-11-8-14-6-4-5-7-15(14)13-20;/h4-7H,3,8-13,18H2,1-2H3,(H,19,21);1H. The second-order valence-corrected chi connectivity index (χ2v) is 6.22. The van der Waals surface area contributed by atoms with E-state index in [9.17, 15) is 4.79 Å². The molecule has 3 N–H and O–H groups in total. The number of carbonyl (C=O) groups is 1. The molecule has 1 aromatic rings. The highest BCUT2D eigenvalue weighted by Gasteiger charge is 2.26. The van der Waals surface area contributed by atoms with Gasteiger partial charge < -0.3 is 11.1 Å². The van der Waals surface area contributed by atoms with Gasteiger partial charge in [0.1, 0.15) is 0 Å². The molecule has 1 aliphatic heterocycles. The predicted octanol–water partition coefficient (Wildman–Crippen LogP) is 2.10. The predicted molar refractivity (Wildman–Crippen MR) is 93.2 cm³/mol. The van der Waals surface area contributed by atoms with Crippen LogP contribution in [0.4, 0.5) is 0 Å². The average molecular weight is 326 g/mol. The van der Waals surface area contributed by atoms with Crippen molar-refractivity contribution in [1.82, 2.24) is 10.2 Å². The fraction of sp³-hybridized carbons (Fsp3) is 0.588. The monoisotopic (exact) mass is 325 g/mol. The van der Waals surface area contributed by atoms with Gasteiger partial charge in [-0.1, -0.05) is 37.6 Å². The van der Waals surface area contributed by atoms with E-state index in [-0.39, 0.29) is 18.3 Å². The Morgan fingerprint density at radius 3 is 2.73 bits per heavy atom. The van der Waals surface area contributed by atoms with E-state index in [4.69, 9.17) is 5.73 Å². The minimum absolute atomic E-state index is 0. The molecule has 124 valence electrons. The molecule has 5 heteroatoms. The Morgan fingerprint density at radius 2 is 2.05 bits per heavy atom. The summed E-state index contributed by atoms with van der Waals surface area (Å²) in [5.74, 6) is -0.0400. The largest absolute Gasteiger partial charge is 0.353 e. The maximum Gasteiger partial charge on any atom is 0.239 e. The molecule has 1 heterocycles. The molecule has 0 fully saturated rings. The van der Waals surface area contributed by atoms with Crippen LogP contribution in [0.5, 0.6) is 0 Å². The molecule has 0 saturated carbocycles. The first kappa shape index (κ1) is 18.9. The van der Waals surface area contributed by atoms with Crippen LogP contribution in [-0.2, 0) is 17.8 Å². The van der Waals surface area contributed by atoms with Gasteiger partial charge in [0.05, 0.1) is 5.54 Å². The highest BCUT2D eigenvalue weighted by molar-refractivity contribution is 5.85. The first-order chi connectivity index (χ1) is 10.0. The van der Waals surface area contributed by atoms with E-state index in [1.54, 1.807) is 0 Å². The van der Waals surface area contributed by atoms with Crippen LogP contribution >= 0.6 is 12.4 Å². The van der Waals surface area contributed by atoms with Crippen molar-refractivity contribution in [3.05, 3.63) is 35.4 Å². The zero-order valence-electron chi connectivity index (χ0n) is 13.6. The van der Waals surface area contributed by atoms with Gasteiger partial charge in [-0.3, -0.25) is 9.69 Å². The third kappa shape index (κ3) is 4.97. The van der Waals surface area contributed by atoms with Crippen LogP contribution in [0.15, 0.2) is 24.3 Å². The normalized spacial score (nSPS) is 17.0. The maximum atomic E-state index is 12.0. The molecule has 0 bridgehead atoms. The van der Waals surface area contributed by atoms with Crippen molar-refractivity contribution >= 4 is 18.3 Å². The summed E-state index contributed by atoms with van der Waals surface area (Å²) in [5, 5.41) is 2.97. The lowest BCUT2D eigenvalue weighted by molar-refractivity contribution is -0.126. The van der Waals surface area contributed by atoms with E-state index in [2.05, 4.69) is 34.5 Å². The van der Waals surface area contributed by atoms with Gasteiger partial charge in [-0.05, 0) is 30.9 Å². The zero-order valence-corrected chi connectivity index (χ0v) is 14.4. The summed E-state index contributed by atoms with van der Waals surface area (Å²) in [7, 11) is 0. The minimum Gasteiger partial charge on any atom is -0.353 e. The van der Waals surface area contributed by atoms with Gasteiger partial charge >= 0.3 is 0 Å². The van der Waals surface area contributed by atoms with Gasteiger partial charge in [-0.2, -0.15) is 0 Å². The van der Waals surface area contributed by atoms with Gasteiger partial charge in [0.15, 0.2) is 0 Å². The van der Waals surface area contributed by atoms with Crippen LogP contribution in [0.2, 0.25) is 0 Å². The molecule has 1 atom stereocenters. The number of hydrogen-bond acceptors (Lipinski definition) is 3. The summed E-state index contributed by atoms with van der Waals surface area (Å²) in [6, 6.07) is 8.59. The maximum absolute atomic E-state index is 12.0. The van der Waals surface area contributed by atoms with Crippen molar-refractivity contribution in [1.29, 1.82) is 0 Å². The van der Waals surface area contributed by atoms with Crippen LogP contribution in [0, 0.1) is 0 Å². The van der Waals surface area contributed by atoms with E-state index >= 15 is 0 Å². The van der Waals surface area contributed by atoms with E-state index < -0.39 is 5.54 Å². The van der Waals surface area contributed by atoms with Crippen molar-refractivity contribution in [2.75, 3.05) is 19.6 Å². The molecule has 1 aromatic carbocycles. The number of nitrogens with zero attached hydrogens (tertiary/aromatic N) is 1. The molecule has 4 nitrogen and oxygen atoms in total. The van der Waals surface area contributed by atoms with Gasteiger partial charge in [0.2, 0.25) is 5.91 Å². The number of carbonyl (C=O) groups excluding carboxylic acids is 1. The molecular weight excluding hydrogens is 298 g/mol. The molecular formula is C17H28ClN3O. The molecule has 0 saturated heterocycles. The number of nitrogens with one attached hydrogen (secondary N) is 1. The highest BCUT2D eigenvalue weighted by atomic mass is 35.5. The summed E-state index contributed by atoms with van der Waals surface area (Å²) in [6.07, 6.45) is 2.73. The van der Waals surface area contributed by atoms with Crippen LogP contribution in [0.25, 0.3) is 0 Å². The molecule has 2 rings (SSSR count). The van der Waals surface area contributed by atoms with Gasteiger partial charge in [-0.25, -0.2) is 0 Å². The molecule has 1 amide bonds. The van der Waals surface area contributed by atoms with Crippen molar-refractivity contribution in [2.24, 2.45) is 5.73 Å². The number of halogens is 1. The number of nitrogens with two attached hydrogens (primary N) is 1. The summed E-state index contributed by atoms with van der Waals surface area (Å²) < 4.78 is 0. The third-order valence-electron chi connectivity index (χ3n) is 4.21. The first-order valence-electron chi connectivity index (χ1n) is 7.89. The van der Waals surface area contributed by atoms with Crippen molar-refractivity contribution in [3.63, 3.8) is 0 Å². The Hall–Kier alpha value is -1.10. The van der Waals surface area contributed by atoms with Gasteiger partial charge in [-0.15, -0.1) is 12.4 Å². The first-order valence-corrected chi connectivity index (χ1v) is 7.89. The second kappa shape index (κ2) is 8.51. The molecule has 1 unspecified atom stereocenters. The average Bonchev–Trinajstić information content (AvgIpc) is 2.47. The highest BCUT2D eigenvalue weighted by Crippen LogP contribution is 2.17. The summed E-state index contributed by atoms with van der Waals surface area (Å²) >= 11 is 0. The second-order valence-electron chi connectivity index (χ2n) is 6.22. The van der Waals surface area contributed by atoms with Gasteiger partial charge in [0.25, 0.3) is 0 Å². The fourth-order valence-electron chi connectivity index (χ4n) is 2.91. The molecule has 1 aliphatic rings. The van der Waals surface area contributed by atoms with Crippen molar-refractivity contribution in [2.45, 2.75) is 45.2 Å². The number of rotatable bonds is 6. The summed E-state index contributed by atoms with van der Waals surface area (Å²) in [6.45, 7) is 7.43. The quantitative estimate of drug-likeness (QED) is 0.842. The summed E-state index contributed by atoms with van der Waals surface area (Å²) in [5.41, 5.74) is 8.14. The molecule has 0 spiro atoms. The van der Waals surface area contributed by atoms with Crippen LogP contribution in [-0.4, -0.2) is 36.0 Å². The van der Waals surface area contributed by atoms with Crippen LogP contribution < -0.4 is 11.1 Å². The topological polar surface area (TPSA) is 58.4 Å². The SMILES string of the molecule is CCCC(C)(N)C(=O)NCCN1CCc2ccccc2C1.Cl. The zero-order chi connectivity index (χ0) is 15.3.